The normalized spacial score (nSPS) is 24.2. The van der Waals surface area contributed by atoms with Gasteiger partial charge < -0.3 is 10.4 Å². The number of aliphatic carboxylic acids is 1. The Bertz CT molecular complexity index is 201. The second-order valence-corrected chi connectivity index (χ2v) is 3.63. The van der Waals surface area contributed by atoms with Crippen molar-refractivity contribution in [3.63, 3.8) is 0 Å². The van der Waals surface area contributed by atoms with Crippen LogP contribution in [-0.4, -0.2) is 23.7 Å². The van der Waals surface area contributed by atoms with Gasteiger partial charge in [0.1, 0.15) is 0 Å². The molecular formula is C10H17NO2. The molecule has 0 radical (unpaired) electrons. The Labute approximate surface area is 78.8 Å². The Morgan fingerprint density at radius 3 is 3.00 bits per heavy atom. The number of carboxylic acid groups (broad SMARTS) is 1. The lowest BCUT2D eigenvalue weighted by atomic mass is 10.0. The number of carbonyl (C=O) groups is 1. The van der Waals surface area contributed by atoms with Crippen LogP contribution < -0.4 is 5.32 Å². The van der Waals surface area contributed by atoms with Crippen molar-refractivity contribution in [2.45, 2.75) is 32.2 Å². The number of nitrogens with one attached hydrogen (secondary N) is 1. The maximum atomic E-state index is 10.5. The molecule has 0 bridgehead atoms. The van der Waals surface area contributed by atoms with Crippen LogP contribution in [0.15, 0.2) is 12.2 Å². The SMILES string of the molecule is CC(CNC1CC=CCC1)C(=O)O. The van der Waals surface area contributed by atoms with Gasteiger partial charge in [-0.3, -0.25) is 4.79 Å². The molecule has 74 valence electrons. The van der Waals surface area contributed by atoms with E-state index in [0.29, 0.717) is 12.6 Å². The van der Waals surface area contributed by atoms with Crippen LogP contribution in [0.25, 0.3) is 0 Å². The average Bonchev–Trinajstić information content (AvgIpc) is 2.15. The zero-order valence-corrected chi connectivity index (χ0v) is 7.99. The minimum atomic E-state index is -0.723. The Morgan fingerprint density at radius 1 is 1.69 bits per heavy atom. The zero-order valence-electron chi connectivity index (χ0n) is 7.99. The van der Waals surface area contributed by atoms with Crippen LogP contribution in [0.5, 0.6) is 0 Å². The van der Waals surface area contributed by atoms with Crippen molar-refractivity contribution in [3.8, 4) is 0 Å². The summed E-state index contributed by atoms with van der Waals surface area (Å²) in [6, 6.07) is 0.479. The molecule has 3 nitrogen and oxygen atoms in total. The maximum absolute atomic E-state index is 10.5. The molecule has 0 aromatic heterocycles. The summed E-state index contributed by atoms with van der Waals surface area (Å²) in [6.07, 6.45) is 7.61. The molecule has 1 aliphatic rings. The highest BCUT2D eigenvalue weighted by atomic mass is 16.4. The smallest absolute Gasteiger partial charge is 0.307 e. The van der Waals surface area contributed by atoms with E-state index >= 15 is 0 Å². The van der Waals surface area contributed by atoms with Crippen LogP contribution in [0.1, 0.15) is 26.2 Å². The molecule has 0 aliphatic heterocycles. The molecule has 1 rings (SSSR count). The molecule has 1 aliphatic carbocycles. The summed E-state index contributed by atoms with van der Waals surface area (Å²) in [5.41, 5.74) is 0. The van der Waals surface area contributed by atoms with Crippen molar-refractivity contribution in [1.82, 2.24) is 5.32 Å². The fourth-order valence-corrected chi connectivity index (χ4v) is 1.41. The predicted molar refractivity (Wildman–Crippen MR) is 51.6 cm³/mol. The molecule has 0 aromatic carbocycles. The largest absolute Gasteiger partial charge is 0.481 e. The van der Waals surface area contributed by atoms with Crippen LogP contribution >= 0.6 is 0 Å². The van der Waals surface area contributed by atoms with Crippen molar-refractivity contribution < 1.29 is 9.90 Å². The summed E-state index contributed by atoms with van der Waals surface area (Å²) in [7, 11) is 0. The average molecular weight is 183 g/mol. The molecule has 2 atom stereocenters. The second kappa shape index (κ2) is 5.02. The third-order valence-electron chi connectivity index (χ3n) is 2.40. The van der Waals surface area contributed by atoms with Gasteiger partial charge in [-0.1, -0.05) is 19.1 Å². The van der Waals surface area contributed by atoms with Gasteiger partial charge in [0, 0.05) is 12.6 Å². The highest BCUT2D eigenvalue weighted by Gasteiger charge is 2.14. The van der Waals surface area contributed by atoms with E-state index in [1.54, 1.807) is 6.92 Å². The summed E-state index contributed by atoms with van der Waals surface area (Å²) in [5, 5.41) is 11.9. The van der Waals surface area contributed by atoms with Crippen LogP contribution in [-0.2, 0) is 4.79 Å². The Morgan fingerprint density at radius 2 is 2.46 bits per heavy atom. The van der Waals surface area contributed by atoms with Gasteiger partial charge in [-0.05, 0) is 19.3 Å². The van der Waals surface area contributed by atoms with Gasteiger partial charge in [0.05, 0.1) is 5.92 Å². The van der Waals surface area contributed by atoms with Gasteiger partial charge >= 0.3 is 5.97 Å². The molecule has 2 unspecified atom stereocenters. The topological polar surface area (TPSA) is 49.3 Å². The van der Waals surface area contributed by atoms with Gasteiger partial charge in [-0.15, -0.1) is 0 Å². The number of allylic oxidation sites excluding steroid dienone is 1. The van der Waals surface area contributed by atoms with E-state index in [-0.39, 0.29) is 5.92 Å². The molecular weight excluding hydrogens is 166 g/mol. The van der Waals surface area contributed by atoms with Gasteiger partial charge in [0.25, 0.3) is 0 Å². The Hall–Kier alpha value is -0.830. The van der Waals surface area contributed by atoms with Gasteiger partial charge in [-0.25, -0.2) is 0 Å². The van der Waals surface area contributed by atoms with E-state index < -0.39 is 5.97 Å². The van der Waals surface area contributed by atoms with E-state index in [1.807, 2.05) is 0 Å². The first-order valence-corrected chi connectivity index (χ1v) is 4.81. The van der Waals surface area contributed by atoms with Crippen molar-refractivity contribution in [2.75, 3.05) is 6.54 Å². The molecule has 13 heavy (non-hydrogen) atoms. The molecule has 0 amide bonds. The van der Waals surface area contributed by atoms with E-state index in [0.717, 1.165) is 19.3 Å². The van der Waals surface area contributed by atoms with Gasteiger partial charge in [-0.2, -0.15) is 0 Å². The van der Waals surface area contributed by atoms with Crippen molar-refractivity contribution in [3.05, 3.63) is 12.2 Å². The lowest BCUT2D eigenvalue weighted by Crippen LogP contribution is -2.35. The summed E-state index contributed by atoms with van der Waals surface area (Å²) in [6.45, 7) is 2.31. The van der Waals surface area contributed by atoms with Gasteiger partial charge in [0.2, 0.25) is 0 Å². The van der Waals surface area contributed by atoms with Crippen LogP contribution in [0.3, 0.4) is 0 Å². The van der Waals surface area contributed by atoms with Crippen molar-refractivity contribution in [1.29, 1.82) is 0 Å². The first-order valence-electron chi connectivity index (χ1n) is 4.81. The van der Waals surface area contributed by atoms with E-state index in [9.17, 15) is 4.79 Å². The van der Waals surface area contributed by atoms with Crippen LogP contribution in [0.4, 0.5) is 0 Å². The molecule has 0 spiro atoms. The molecule has 0 aromatic rings. The van der Waals surface area contributed by atoms with Gasteiger partial charge in [0.15, 0.2) is 0 Å². The fourth-order valence-electron chi connectivity index (χ4n) is 1.41. The summed E-state index contributed by atoms with van der Waals surface area (Å²) >= 11 is 0. The van der Waals surface area contributed by atoms with E-state index in [4.69, 9.17) is 5.11 Å². The molecule has 0 heterocycles. The zero-order chi connectivity index (χ0) is 9.68. The monoisotopic (exact) mass is 183 g/mol. The lowest BCUT2D eigenvalue weighted by Gasteiger charge is -2.20. The van der Waals surface area contributed by atoms with Crippen LogP contribution in [0, 0.1) is 5.92 Å². The second-order valence-electron chi connectivity index (χ2n) is 3.63. The Kier molecular flexibility index (Phi) is 3.96. The highest BCUT2D eigenvalue weighted by molar-refractivity contribution is 5.69. The number of hydrogen-bond donors (Lipinski definition) is 2. The first-order chi connectivity index (χ1) is 6.20. The quantitative estimate of drug-likeness (QED) is 0.648. The number of carboxylic acids is 1. The maximum Gasteiger partial charge on any atom is 0.307 e. The van der Waals surface area contributed by atoms with E-state index in [1.165, 1.54) is 0 Å². The minimum Gasteiger partial charge on any atom is -0.481 e. The van der Waals surface area contributed by atoms with Crippen molar-refractivity contribution in [2.24, 2.45) is 5.92 Å². The molecule has 0 saturated carbocycles. The fraction of sp³-hybridized carbons (Fsp3) is 0.700. The Balaban J connectivity index is 2.18. The number of rotatable bonds is 4. The summed E-state index contributed by atoms with van der Waals surface area (Å²) in [5.74, 6) is -1.01. The van der Waals surface area contributed by atoms with E-state index in [2.05, 4.69) is 17.5 Å². The molecule has 2 N–H and O–H groups in total. The molecule has 0 fully saturated rings. The predicted octanol–water partition coefficient (Wildman–Crippen LogP) is 1.41. The summed E-state index contributed by atoms with van der Waals surface area (Å²) in [4.78, 5) is 10.5. The first kappa shape index (κ1) is 10.3. The highest BCUT2D eigenvalue weighted by Crippen LogP contribution is 2.10. The molecule has 0 saturated heterocycles. The standard InChI is InChI=1S/C10H17NO2/c1-8(10(12)13)7-11-9-5-3-2-4-6-9/h2-3,8-9,11H,4-7H2,1H3,(H,12,13). The van der Waals surface area contributed by atoms with Crippen LogP contribution in [0.2, 0.25) is 0 Å². The minimum absolute atomic E-state index is 0.286. The third kappa shape index (κ3) is 3.59. The number of hydrogen-bond acceptors (Lipinski definition) is 2. The van der Waals surface area contributed by atoms with Crippen molar-refractivity contribution >= 4 is 5.97 Å². The lowest BCUT2D eigenvalue weighted by molar-refractivity contribution is -0.140. The third-order valence-corrected chi connectivity index (χ3v) is 2.40. The molecule has 3 heteroatoms. The summed E-state index contributed by atoms with van der Waals surface area (Å²) < 4.78 is 0.